The van der Waals surface area contributed by atoms with Gasteiger partial charge >= 0.3 is 0 Å². The summed E-state index contributed by atoms with van der Waals surface area (Å²) in [5.74, 6) is 0.0213. The van der Waals surface area contributed by atoms with Crippen molar-refractivity contribution >= 4 is 40.7 Å². The minimum absolute atomic E-state index is 0.116. The Morgan fingerprint density at radius 3 is 2.51 bits per heavy atom. The number of nitrogens with zero attached hydrogens (tertiary/aromatic N) is 3. The molecule has 35 heavy (non-hydrogen) atoms. The molecule has 2 aliphatic heterocycles. The first-order valence-corrected chi connectivity index (χ1v) is 12.0. The lowest BCUT2D eigenvalue weighted by Gasteiger charge is -2.39. The lowest BCUT2D eigenvalue weighted by Crippen LogP contribution is -2.60. The second kappa shape index (κ2) is 11.4. The molecule has 1 unspecified atom stereocenters. The van der Waals surface area contributed by atoms with E-state index in [2.05, 4.69) is 20.4 Å². The lowest BCUT2D eigenvalue weighted by molar-refractivity contribution is -0.145. The molecule has 0 aromatic heterocycles. The van der Waals surface area contributed by atoms with E-state index in [1.165, 1.54) is 4.90 Å². The van der Waals surface area contributed by atoms with Gasteiger partial charge in [-0.2, -0.15) is 0 Å². The Labute approximate surface area is 210 Å². The SMILES string of the molecule is COc1ccc(N2CCN(CC(=O)N3CCNC(=O)C3CC(=O)Nc3cccc(Cl)c3)CC2)cc1. The van der Waals surface area contributed by atoms with Crippen molar-refractivity contribution < 1.29 is 19.1 Å². The molecular formula is C25H30ClN5O4. The number of anilines is 2. The van der Waals surface area contributed by atoms with Gasteiger partial charge in [0.2, 0.25) is 17.7 Å². The van der Waals surface area contributed by atoms with E-state index >= 15 is 0 Å². The molecule has 2 N–H and O–H groups in total. The number of hydrogen-bond acceptors (Lipinski definition) is 6. The van der Waals surface area contributed by atoms with Gasteiger partial charge in [0, 0.05) is 55.7 Å². The molecular weight excluding hydrogens is 470 g/mol. The number of hydrogen-bond donors (Lipinski definition) is 2. The van der Waals surface area contributed by atoms with E-state index in [0.717, 1.165) is 37.6 Å². The number of halogens is 1. The molecule has 4 rings (SSSR count). The van der Waals surface area contributed by atoms with Gasteiger partial charge < -0.3 is 25.2 Å². The fourth-order valence-corrected chi connectivity index (χ4v) is 4.60. The molecule has 0 spiro atoms. The van der Waals surface area contributed by atoms with Crippen molar-refractivity contribution in [1.82, 2.24) is 15.1 Å². The minimum atomic E-state index is -0.837. The van der Waals surface area contributed by atoms with Gasteiger partial charge in [0.15, 0.2) is 0 Å². The van der Waals surface area contributed by atoms with Gasteiger partial charge in [-0.3, -0.25) is 19.3 Å². The molecule has 2 heterocycles. The summed E-state index contributed by atoms with van der Waals surface area (Å²) in [5, 5.41) is 6.02. The van der Waals surface area contributed by atoms with E-state index in [1.807, 2.05) is 24.3 Å². The number of methoxy groups -OCH3 is 1. The fraction of sp³-hybridized carbons (Fsp3) is 0.400. The summed E-state index contributed by atoms with van der Waals surface area (Å²) in [6, 6.07) is 13.9. The third-order valence-electron chi connectivity index (χ3n) is 6.31. The number of piperazine rings is 2. The van der Waals surface area contributed by atoms with Gasteiger partial charge in [-0.05, 0) is 42.5 Å². The highest BCUT2D eigenvalue weighted by Crippen LogP contribution is 2.21. The summed E-state index contributed by atoms with van der Waals surface area (Å²) in [6.07, 6.45) is -0.116. The number of rotatable bonds is 7. The summed E-state index contributed by atoms with van der Waals surface area (Å²) >= 11 is 5.98. The minimum Gasteiger partial charge on any atom is -0.497 e. The zero-order valence-electron chi connectivity index (χ0n) is 19.7. The van der Waals surface area contributed by atoms with Crippen LogP contribution in [-0.2, 0) is 14.4 Å². The second-order valence-electron chi connectivity index (χ2n) is 8.62. The number of amides is 3. The van der Waals surface area contributed by atoms with Gasteiger partial charge in [0.1, 0.15) is 11.8 Å². The van der Waals surface area contributed by atoms with Crippen molar-refractivity contribution in [3.63, 3.8) is 0 Å². The lowest BCUT2D eigenvalue weighted by atomic mass is 10.1. The normalized spacial score (nSPS) is 18.7. The smallest absolute Gasteiger partial charge is 0.243 e. The highest BCUT2D eigenvalue weighted by Gasteiger charge is 2.35. The van der Waals surface area contributed by atoms with E-state index in [-0.39, 0.29) is 30.7 Å². The zero-order valence-corrected chi connectivity index (χ0v) is 20.5. The topological polar surface area (TPSA) is 94.2 Å². The fourth-order valence-electron chi connectivity index (χ4n) is 4.41. The van der Waals surface area contributed by atoms with Crippen LogP contribution in [0.2, 0.25) is 5.02 Å². The van der Waals surface area contributed by atoms with Crippen molar-refractivity contribution in [3.05, 3.63) is 53.6 Å². The van der Waals surface area contributed by atoms with E-state index in [1.54, 1.807) is 31.4 Å². The molecule has 0 aliphatic carbocycles. The Kier molecular flexibility index (Phi) is 8.09. The molecule has 2 aromatic rings. The van der Waals surface area contributed by atoms with Crippen molar-refractivity contribution in [2.24, 2.45) is 0 Å². The van der Waals surface area contributed by atoms with Crippen molar-refractivity contribution in [2.75, 3.05) is 63.1 Å². The standard InChI is InChI=1S/C25H30ClN5O4/c1-35-21-7-5-20(6-8-21)30-13-11-29(12-14-30)17-24(33)31-10-9-27-25(34)22(31)16-23(32)28-19-4-2-3-18(26)15-19/h2-8,15,22H,9-14,16-17H2,1H3,(H,27,34)(H,28,32). The average molecular weight is 500 g/mol. The highest BCUT2D eigenvalue weighted by molar-refractivity contribution is 6.30. The Morgan fingerprint density at radius 1 is 1.09 bits per heavy atom. The Bertz CT molecular complexity index is 1060. The van der Waals surface area contributed by atoms with E-state index in [4.69, 9.17) is 16.3 Å². The van der Waals surface area contributed by atoms with Gasteiger partial charge in [-0.25, -0.2) is 0 Å². The molecule has 2 aliphatic rings. The van der Waals surface area contributed by atoms with Gasteiger partial charge in [0.25, 0.3) is 0 Å². The van der Waals surface area contributed by atoms with E-state index in [0.29, 0.717) is 23.8 Å². The molecule has 9 nitrogen and oxygen atoms in total. The van der Waals surface area contributed by atoms with Gasteiger partial charge in [-0.15, -0.1) is 0 Å². The molecule has 0 bridgehead atoms. The number of carbonyl (C=O) groups is 3. The molecule has 2 fully saturated rings. The van der Waals surface area contributed by atoms with Crippen LogP contribution < -0.4 is 20.3 Å². The first-order chi connectivity index (χ1) is 16.9. The van der Waals surface area contributed by atoms with Crippen LogP contribution in [0.15, 0.2) is 48.5 Å². The summed E-state index contributed by atoms with van der Waals surface area (Å²) in [6.45, 7) is 4.04. The molecule has 1 atom stereocenters. The van der Waals surface area contributed by atoms with Crippen molar-refractivity contribution in [3.8, 4) is 5.75 Å². The maximum absolute atomic E-state index is 13.2. The van der Waals surface area contributed by atoms with Gasteiger partial charge in [-0.1, -0.05) is 17.7 Å². The van der Waals surface area contributed by atoms with Crippen LogP contribution >= 0.6 is 11.6 Å². The van der Waals surface area contributed by atoms with E-state index in [9.17, 15) is 14.4 Å². The van der Waals surface area contributed by atoms with Crippen LogP contribution in [0.1, 0.15) is 6.42 Å². The Balaban J connectivity index is 1.31. The van der Waals surface area contributed by atoms with Crippen LogP contribution in [0, 0.1) is 0 Å². The van der Waals surface area contributed by atoms with Crippen molar-refractivity contribution in [1.29, 1.82) is 0 Å². The summed E-state index contributed by atoms with van der Waals surface area (Å²) in [5.41, 5.74) is 1.67. The van der Waals surface area contributed by atoms with Gasteiger partial charge in [0.05, 0.1) is 20.1 Å². The number of ether oxygens (including phenoxy) is 1. The molecule has 0 radical (unpaired) electrons. The third-order valence-corrected chi connectivity index (χ3v) is 6.54. The van der Waals surface area contributed by atoms with E-state index < -0.39 is 6.04 Å². The highest BCUT2D eigenvalue weighted by atomic mass is 35.5. The monoisotopic (exact) mass is 499 g/mol. The quantitative estimate of drug-likeness (QED) is 0.603. The molecule has 186 valence electrons. The van der Waals surface area contributed by atoms with Crippen LogP contribution in [-0.4, -0.2) is 86.5 Å². The van der Waals surface area contributed by atoms with Crippen molar-refractivity contribution in [2.45, 2.75) is 12.5 Å². The molecule has 0 saturated carbocycles. The summed E-state index contributed by atoms with van der Waals surface area (Å²) < 4.78 is 5.22. The number of benzene rings is 2. The largest absolute Gasteiger partial charge is 0.497 e. The molecule has 3 amide bonds. The Hall–Kier alpha value is -3.30. The zero-order chi connectivity index (χ0) is 24.8. The molecule has 10 heteroatoms. The predicted molar refractivity (Wildman–Crippen MR) is 135 cm³/mol. The van der Waals surface area contributed by atoms with Crippen LogP contribution in [0.25, 0.3) is 0 Å². The summed E-state index contributed by atoms with van der Waals surface area (Å²) in [7, 11) is 1.65. The second-order valence-corrected chi connectivity index (χ2v) is 9.05. The average Bonchev–Trinajstić information content (AvgIpc) is 2.86. The molecule has 2 saturated heterocycles. The van der Waals surface area contributed by atoms with Crippen LogP contribution in [0.5, 0.6) is 5.75 Å². The third kappa shape index (κ3) is 6.43. The maximum atomic E-state index is 13.2. The Morgan fingerprint density at radius 2 is 1.83 bits per heavy atom. The van der Waals surface area contributed by atoms with Crippen LogP contribution in [0.4, 0.5) is 11.4 Å². The maximum Gasteiger partial charge on any atom is 0.243 e. The number of nitrogens with one attached hydrogen (secondary N) is 2. The first-order valence-electron chi connectivity index (χ1n) is 11.7. The van der Waals surface area contributed by atoms with Crippen LogP contribution in [0.3, 0.4) is 0 Å². The first kappa shape index (κ1) is 24.8. The summed E-state index contributed by atoms with van der Waals surface area (Å²) in [4.78, 5) is 44.2. The molecule has 2 aromatic carbocycles. The number of carbonyl (C=O) groups excluding carboxylic acids is 3. The predicted octanol–water partition coefficient (Wildman–Crippen LogP) is 1.83.